The van der Waals surface area contributed by atoms with Gasteiger partial charge in [0, 0.05) is 19.6 Å². The minimum Gasteiger partial charge on any atom is -0.478 e. The molecule has 104 valence electrons. The maximum absolute atomic E-state index is 11.6. The number of amides is 1. The van der Waals surface area contributed by atoms with Gasteiger partial charge in [0.05, 0.1) is 16.3 Å². The van der Waals surface area contributed by atoms with E-state index in [1.54, 1.807) is 0 Å². The van der Waals surface area contributed by atoms with Crippen LogP contribution in [-0.4, -0.2) is 30.2 Å². The van der Waals surface area contributed by atoms with E-state index in [4.69, 9.17) is 21.4 Å². The average Bonchev–Trinajstić information content (AvgIpc) is 2.37. The average molecular weight is 286 g/mol. The Morgan fingerprint density at radius 3 is 2.79 bits per heavy atom. The van der Waals surface area contributed by atoms with Gasteiger partial charge in [-0.1, -0.05) is 11.6 Å². The molecule has 0 unspecified atom stereocenters. The molecule has 0 aliphatic heterocycles. The van der Waals surface area contributed by atoms with Crippen molar-refractivity contribution in [2.24, 2.45) is 0 Å². The monoisotopic (exact) mass is 285 g/mol. The van der Waals surface area contributed by atoms with Gasteiger partial charge < -0.3 is 15.2 Å². The van der Waals surface area contributed by atoms with Gasteiger partial charge in [0.15, 0.2) is 0 Å². The Kier molecular flexibility index (Phi) is 6.32. The molecule has 0 saturated heterocycles. The minimum atomic E-state index is -1.07. The number of carboxylic acids is 1. The van der Waals surface area contributed by atoms with Gasteiger partial charge in [-0.3, -0.25) is 4.79 Å². The van der Waals surface area contributed by atoms with Crippen LogP contribution in [0.15, 0.2) is 18.2 Å². The highest BCUT2D eigenvalue weighted by Crippen LogP contribution is 2.23. The molecule has 0 aliphatic carbocycles. The molecule has 0 atom stereocenters. The summed E-state index contributed by atoms with van der Waals surface area (Å²) in [6, 6.07) is 4.17. The molecule has 0 saturated carbocycles. The first-order chi connectivity index (χ1) is 9.04. The summed E-state index contributed by atoms with van der Waals surface area (Å²) < 4.78 is 5.12. The number of carbonyl (C=O) groups excluding carboxylic acids is 1. The quantitative estimate of drug-likeness (QED) is 0.755. The lowest BCUT2D eigenvalue weighted by Gasteiger charge is -2.08. The van der Waals surface area contributed by atoms with Gasteiger partial charge in [-0.05, 0) is 31.5 Å². The molecule has 1 aromatic carbocycles. The molecular formula is C13H16ClNO4. The summed E-state index contributed by atoms with van der Waals surface area (Å²) in [6.45, 7) is 3.03. The lowest BCUT2D eigenvalue weighted by molar-refractivity contribution is -0.116. The predicted molar refractivity (Wildman–Crippen MR) is 72.8 cm³/mol. The molecule has 2 N–H and O–H groups in total. The van der Waals surface area contributed by atoms with Gasteiger partial charge in [-0.25, -0.2) is 4.79 Å². The van der Waals surface area contributed by atoms with Crippen LogP contribution in [0.4, 0.5) is 5.69 Å². The number of hydrogen-bond donors (Lipinski definition) is 2. The lowest BCUT2D eigenvalue weighted by Crippen LogP contribution is -2.13. The Balaban J connectivity index is 2.58. The first kappa shape index (κ1) is 15.5. The summed E-state index contributed by atoms with van der Waals surface area (Å²) >= 11 is 5.90. The first-order valence-corrected chi connectivity index (χ1v) is 6.32. The van der Waals surface area contributed by atoms with Crippen molar-refractivity contribution in [1.29, 1.82) is 0 Å². The molecule has 0 spiro atoms. The summed E-state index contributed by atoms with van der Waals surface area (Å²) in [7, 11) is 0. The van der Waals surface area contributed by atoms with Crippen molar-refractivity contribution in [2.75, 3.05) is 18.5 Å². The van der Waals surface area contributed by atoms with Crippen molar-refractivity contribution in [3.8, 4) is 0 Å². The fourth-order valence-electron chi connectivity index (χ4n) is 1.45. The van der Waals surface area contributed by atoms with Crippen LogP contribution < -0.4 is 5.32 Å². The number of nitrogens with one attached hydrogen (secondary N) is 1. The second-order valence-corrected chi connectivity index (χ2v) is 4.26. The molecule has 0 fully saturated rings. The van der Waals surface area contributed by atoms with Gasteiger partial charge in [0.25, 0.3) is 0 Å². The maximum atomic E-state index is 11.6. The van der Waals surface area contributed by atoms with Gasteiger partial charge in [0.1, 0.15) is 0 Å². The van der Waals surface area contributed by atoms with Crippen molar-refractivity contribution >= 4 is 29.2 Å². The zero-order chi connectivity index (χ0) is 14.3. The maximum Gasteiger partial charge on any atom is 0.335 e. The van der Waals surface area contributed by atoms with E-state index in [1.165, 1.54) is 18.2 Å². The molecule has 1 rings (SSSR count). The molecule has 1 amide bonds. The van der Waals surface area contributed by atoms with Gasteiger partial charge >= 0.3 is 5.97 Å². The Morgan fingerprint density at radius 2 is 2.16 bits per heavy atom. The Bertz CT molecular complexity index is 462. The largest absolute Gasteiger partial charge is 0.478 e. The van der Waals surface area contributed by atoms with Gasteiger partial charge in [0.2, 0.25) is 5.91 Å². The van der Waals surface area contributed by atoms with Crippen LogP contribution in [0.1, 0.15) is 30.1 Å². The molecule has 19 heavy (non-hydrogen) atoms. The molecule has 5 nitrogen and oxygen atoms in total. The van der Waals surface area contributed by atoms with Gasteiger partial charge in [-0.2, -0.15) is 0 Å². The highest BCUT2D eigenvalue weighted by molar-refractivity contribution is 6.33. The normalized spacial score (nSPS) is 10.2. The van der Waals surface area contributed by atoms with Gasteiger partial charge in [-0.15, -0.1) is 0 Å². The Labute approximate surface area is 116 Å². The van der Waals surface area contributed by atoms with Crippen molar-refractivity contribution in [3.05, 3.63) is 28.8 Å². The lowest BCUT2D eigenvalue weighted by atomic mass is 10.2. The van der Waals surface area contributed by atoms with Crippen LogP contribution in [0.2, 0.25) is 5.02 Å². The van der Waals surface area contributed by atoms with Crippen molar-refractivity contribution in [2.45, 2.75) is 19.8 Å². The highest BCUT2D eigenvalue weighted by atomic mass is 35.5. The van der Waals surface area contributed by atoms with Crippen molar-refractivity contribution < 1.29 is 19.4 Å². The highest BCUT2D eigenvalue weighted by Gasteiger charge is 2.09. The molecule has 0 radical (unpaired) electrons. The van der Waals surface area contributed by atoms with Crippen LogP contribution in [0.5, 0.6) is 0 Å². The third-order valence-electron chi connectivity index (χ3n) is 2.38. The van der Waals surface area contributed by atoms with E-state index in [-0.39, 0.29) is 11.5 Å². The van der Waals surface area contributed by atoms with E-state index in [0.29, 0.717) is 36.8 Å². The summed E-state index contributed by atoms with van der Waals surface area (Å²) in [5.74, 6) is -1.28. The molecule has 6 heteroatoms. The topological polar surface area (TPSA) is 75.6 Å². The number of benzene rings is 1. The molecule has 0 heterocycles. The number of hydrogen-bond acceptors (Lipinski definition) is 3. The SMILES string of the molecule is CCOCCCC(=O)Nc1cc(C(=O)O)ccc1Cl. The summed E-state index contributed by atoms with van der Waals surface area (Å²) in [5.41, 5.74) is 0.386. The van der Waals surface area contributed by atoms with E-state index < -0.39 is 5.97 Å². The second-order valence-electron chi connectivity index (χ2n) is 3.85. The first-order valence-electron chi connectivity index (χ1n) is 5.95. The van der Waals surface area contributed by atoms with Crippen LogP contribution in [0.25, 0.3) is 0 Å². The second kappa shape index (κ2) is 7.76. The molecule has 1 aromatic rings. The summed E-state index contributed by atoms with van der Waals surface area (Å²) in [5, 5.41) is 11.8. The standard InChI is InChI=1S/C13H16ClNO4/c1-2-19-7-3-4-12(16)15-11-8-9(13(17)18)5-6-10(11)14/h5-6,8H,2-4,7H2,1H3,(H,15,16)(H,17,18). The number of carboxylic acid groups (broad SMARTS) is 1. The third kappa shape index (κ3) is 5.28. The van der Waals surface area contributed by atoms with E-state index in [2.05, 4.69) is 5.32 Å². The summed E-state index contributed by atoms with van der Waals surface area (Å²) in [6.07, 6.45) is 0.906. The van der Waals surface area contributed by atoms with E-state index in [0.717, 1.165) is 0 Å². The fourth-order valence-corrected chi connectivity index (χ4v) is 1.61. The van der Waals surface area contributed by atoms with Crippen molar-refractivity contribution in [3.63, 3.8) is 0 Å². The fraction of sp³-hybridized carbons (Fsp3) is 0.385. The molecule has 0 bridgehead atoms. The number of anilines is 1. The summed E-state index contributed by atoms with van der Waals surface area (Å²) in [4.78, 5) is 22.5. The van der Waals surface area contributed by atoms with E-state index in [1.807, 2.05) is 6.92 Å². The minimum absolute atomic E-state index is 0.0778. The van der Waals surface area contributed by atoms with Crippen molar-refractivity contribution in [1.82, 2.24) is 0 Å². The molecular weight excluding hydrogens is 270 g/mol. The number of aromatic carboxylic acids is 1. The van der Waals surface area contributed by atoms with Crippen LogP contribution >= 0.6 is 11.6 Å². The Hall–Kier alpha value is -1.59. The zero-order valence-electron chi connectivity index (χ0n) is 10.6. The molecule has 0 aliphatic rings. The van der Waals surface area contributed by atoms with Crippen LogP contribution in [0, 0.1) is 0 Å². The number of ether oxygens (including phenoxy) is 1. The van der Waals surface area contributed by atoms with E-state index >= 15 is 0 Å². The predicted octanol–water partition coefficient (Wildman–Crippen LogP) is 2.79. The van der Waals surface area contributed by atoms with E-state index in [9.17, 15) is 9.59 Å². The third-order valence-corrected chi connectivity index (χ3v) is 2.71. The molecule has 0 aromatic heterocycles. The number of rotatable bonds is 7. The zero-order valence-corrected chi connectivity index (χ0v) is 11.4. The Morgan fingerprint density at radius 1 is 1.42 bits per heavy atom. The number of carbonyl (C=O) groups is 2. The smallest absolute Gasteiger partial charge is 0.335 e. The van der Waals surface area contributed by atoms with Crippen LogP contribution in [-0.2, 0) is 9.53 Å². The van der Waals surface area contributed by atoms with Crippen LogP contribution in [0.3, 0.4) is 0 Å². The number of halogens is 1.